The average Bonchev–Trinajstić information content (AvgIpc) is 3.21. The maximum absolute atomic E-state index is 4.65. The molecule has 0 saturated heterocycles. The third kappa shape index (κ3) is 3.73. The molecule has 0 atom stereocenters. The molecule has 1 aliphatic carbocycles. The van der Waals surface area contributed by atoms with Crippen LogP contribution in [0, 0.1) is 6.92 Å². The van der Waals surface area contributed by atoms with Crippen LogP contribution in [0.4, 0.5) is 17.3 Å². The Labute approximate surface area is 133 Å². The molecule has 0 bridgehead atoms. The monoisotopic (exact) mass is 346 g/mol. The summed E-state index contributed by atoms with van der Waals surface area (Å²) in [5.74, 6) is 3.22. The van der Waals surface area contributed by atoms with E-state index >= 15 is 0 Å². The minimum absolute atomic E-state index is 0.536. The Morgan fingerprint density at radius 2 is 1.90 bits per heavy atom. The van der Waals surface area contributed by atoms with Crippen LogP contribution in [0.5, 0.6) is 0 Å². The van der Waals surface area contributed by atoms with E-state index in [0.717, 1.165) is 34.2 Å². The Morgan fingerprint density at radius 3 is 2.57 bits per heavy atom. The molecule has 2 aromatic rings. The van der Waals surface area contributed by atoms with Crippen LogP contribution in [0.1, 0.15) is 37.1 Å². The molecule has 0 aliphatic heterocycles. The molecule has 0 radical (unpaired) electrons. The van der Waals surface area contributed by atoms with Gasteiger partial charge in [0.15, 0.2) is 0 Å². The van der Waals surface area contributed by atoms with E-state index in [0.29, 0.717) is 5.92 Å². The number of aromatic nitrogens is 2. The molecule has 4 nitrogen and oxygen atoms in total. The standard InChI is InChI=1S/C16H19BrN4/c1-3-18-14-9-15(21-16(20-14)11-4-5-11)19-13-7-10(2)6-12(17)8-13/h6-9,11H,3-5H2,1-2H3,(H2,18,19,20,21). The molecule has 1 aromatic carbocycles. The fourth-order valence-corrected chi connectivity index (χ4v) is 2.89. The van der Waals surface area contributed by atoms with Crippen LogP contribution in [0.15, 0.2) is 28.7 Å². The van der Waals surface area contributed by atoms with Crippen molar-refractivity contribution < 1.29 is 0 Å². The molecule has 5 heteroatoms. The molecule has 110 valence electrons. The molecular weight excluding hydrogens is 328 g/mol. The van der Waals surface area contributed by atoms with E-state index in [9.17, 15) is 0 Å². The van der Waals surface area contributed by atoms with Gasteiger partial charge in [-0.05, 0) is 50.5 Å². The van der Waals surface area contributed by atoms with E-state index in [-0.39, 0.29) is 0 Å². The molecule has 0 amide bonds. The van der Waals surface area contributed by atoms with E-state index in [4.69, 9.17) is 0 Å². The first-order chi connectivity index (χ1) is 10.1. The first-order valence-corrected chi connectivity index (χ1v) is 8.10. The molecule has 1 heterocycles. The van der Waals surface area contributed by atoms with Crippen molar-refractivity contribution in [2.24, 2.45) is 0 Å². The van der Waals surface area contributed by atoms with Gasteiger partial charge in [-0.15, -0.1) is 0 Å². The van der Waals surface area contributed by atoms with Gasteiger partial charge in [-0.25, -0.2) is 9.97 Å². The molecule has 0 spiro atoms. The molecule has 1 aliphatic rings. The summed E-state index contributed by atoms with van der Waals surface area (Å²) in [6, 6.07) is 8.21. The first kappa shape index (κ1) is 14.3. The second-order valence-electron chi connectivity index (χ2n) is 5.44. The van der Waals surface area contributed by atoms with Crippen molar-refractivity contribution in [3.63, 3.8) is 0 Å². The van der Waals surface area contributed by atoms with Gasteiger partial charge in [-0.2, -0.15) is 0 Å². The van der Waals surface area contributed by atoms with E-state index in [1.165, 1.54) is 18.4 Å². The lowest BCUT2D eigenvalue weighted by Crippen LogP contribution is -2.05. The minimum atomic E-state index is 0.536. The Hall–Kier alpha value is -1.62. The summed E-state index contributed by atoms with van der Waals surface area (Å²) in [6.07, 6.45) is 2.40. The highest BCUT2D eigenvalue weighted by molar-refractivity contribution is 9.10. The summed E-state index contributed by atoms with van der Waals surface area (Å²) in [4.78, 5) is 9.25. The number of halogens is 1. The summed E-state index contributed by atoms with van der Waals surface area (Å²) >= 11 is 3.53. The summed E-state index contributed by atoms with van der Waals surface area (Å²) in [6.45, 7) is 5.01. The van der Waals surface area contributed by atoms with Crippen LogP contribution in [0.2, 0.25) is 0 Å². The maximum Gasteiger partial charge on any atom is 0.136 e. The number of rotatable bonds is 5. The van der Waals surface area contributed by atoms with Crippen LogP contribution >= 0.6 is 15.9 Å². The molecule has 2 N–H and O–H groups in total. The average molecular weight is 347 g/mol. The summed E-state index contributed by atoms with van der Waals surface area (Å²) in [5.41, 5.74) is 2.24. The zero-order chi connectivity index (χ0) is 14.8. The second-order valence-corrected chi connectivity index (χ2v) is 6.36. The minimum Gasteiger partial charge on any atom is -0.370 e. The van der Waals surface area contributed by atoms with Crippen molar-refractivity contribution in [2.75, 3.05) is 17.2 Å². The Balaban J connectivity index is 1.89. The Morgan fingerprint density at radius 1 is 1.14 bits per heavy atom. The highest BCUT2D eigenvalue weighted by Crippen LogP contribution is 2.39. The van der Waals surface area contributed by atoms with Crippen molar-refractivity contribution in [3.8, 4) is 0 Å². The van der Waals surface area contributed by atoms with E-state index in [1.807, 2.05) is 6.07 Å². The largest absolute Gasteiger partial charge is 0.370 e. The Kier molecular flexibility index (Phi) is 4.10. The van der Waals surface area contributed by atoms with Crippen molar-refractivity contribution in [3.05, 3.63) is 40.1 Å². The van der Waals surface area contributed by atoms with Crippen molar-refractivity contribution in [2.45, 2.75) is 32.6 Å². The number of aryl methyl sites for hydroxylation is 1. The lowest BCUT2D eigenvalue weighted by atomic mass is 10.2. The van der Waals surface area contributed by atoms with Crippen LogP contribution in [-0.4, -0.2) is 16.5 Å². The third-order valence-electron chi connectivity index (χ3n) is 3.36. The zero-order valence-corrected chi connectivity index (χ0v) is 13.9. The predicted molar refractivity (Wildman–Crippen MR) is 90.3 cm³/mol. The lowest BCUT2D eigenvalue weighted by Gasteiger charge is -2.11. The zero-order valence-electron chi connectivity index (χ0n) is 12.3. The summed E-state index contributed by atoms with van der Waals surface area (Å²) in [7, 11) is 0. The third-order valence-corrected chi connectivity index (χ3v) is 3.82. The number of nitrogens with zero attached hydrogens (tertiary/aromatic N) is 2. The van der Waals surface area contributed by atoms with E-state index in [2.05, 4.69) is 68.6 Å². The highest BCUT2D eigenvalue weighted by atomic mass is 79.9. The van der Waals surface area contributed by atoms with Gasteiger partial charge in [0, 0.05) is 28.7 Å². The molecule has 0 unspecified atom stereocenters. The smallest absolute Gasteiger partial charge is 0.136 e. The quantitative estimate of drug-likeness (QED) is 0.830. The molecule has 3 rings (SSSR count). The van der Waals surface area contributed by atoms with Crippen LogP contribution < -0.4 is 10.6 Å². The van der Waals surface area contributed by atoms with Gasteiger partial charge < -0.3 is 10.6 Å². The molecule has 1 saturated carbocycles. The number of benzene rings is 1. The normalized spacial score (nSPS) is 14.0. The fraction of sp³-hybridized carbons (Fsp3) is 0.375. The van der Waals surface area contributed by atoms with Crippen LogP contribution in [-0.2, 0) is 0 Å². The lowest BCUT2D eigenvalue weighted by molar-refractivity contribution is 0.927. The van der Waals surface area contributed by atoms with Gasteiger partial charge >= 0.3 is 0 Å². The first-order valence-electron chi connectivity index (χ1n) is 7.31. The van der Waals surface area contributed by atoms with Crippen LogP contribution in [0.25, 0.3) is 0 Å². The summed E-state index contributed by atoms with van der Waals surface area (Å²) < 4.78 is 1.06. The van der Waals surface area contributed by atoms with Gasteiger partial charge in [0.05, 0.1) is 0 Å². The predicted octanol–water partition coefficient (Wildman–Crippen LogP) is 4.60. The molecule has 1 aromatic heterocycles. The van der Waals surface area contributed by atoms with E-state index in [1.54, 1.807) is 0 Å². The second kappa shape index (κ2) is 6.02. The Bertz CT molecular complexity index is 632. The van der Waals surface area contributed by atoms with Crippen molar-refractivity contribution in [1.82, 2.24) is 9.97 Å². The van der Waals surface area contributed by atoms with Gasteiger partial charge in [0.1, 0.15) is 17.5 Å². The molecule has 1 fully saturated rings. The highest BCUT2D eigenvalue weighted by Gasteiger charge is 2.27. The number of hydrogen-bond acceptors (Lipinski definition) is 4. The maximum atomic E-state index is 4.65. The number of anilines is 3. The van der Waals surface area contributed by atoms with Crippen molar-refractivity contribution >= 4 is 33.3 Å². The topological polar surface area (TPSA) is 49.8 Å². The summed E-state index contributed by atoms with van der Waals surface area (Å²) in [5, 5.41) is 6.67. The SMILES string of the molecule is CCNc1cc(Nc2cc(C)cc(Br)c2)nc(C2CC2)n1. The fourth-order valence-electron chi connectivity index (χ4n) is 2.28. The van der Waals surface area contributed by atoms with Gasteiger partial charge in [-0.1, -0.05) is 15.9 Å². The number of nitrogens with one attached hydrogen (secondary N) is 2. The van der Waals surface area contributed by atoms with Gasteiger partial charge in [-0.3, -0.25) is 0 Å². The van der Waals surface area contributed by atoms with Gasteiger partial charge in [0.2, 0.25) is 0 Å². The van der Waals surface area contributed by atoms with Crippen LogP contribution in [0.3, 0.4) is 0 Å². The van der Waals surface area contributed by atoms with Crippen molar-refractivity contribution in [1.29, 1.82) is 0 Å². The molecular formula is C16H19BrN4. The molecule has 21 heavy (non-hydrogen) atoms. The number of hydrogen-bond donors (Lipinski definition) is 2. The van der Waals surface area contributed by atoms with Gasteiger partial charge in [0.25, 0.3) is 0 Å². The van der Waals surface area contributed by atoms with E-state index < -0.39 is 0 Å².